The predicted molar refractivity (Wildman–Crippen MR) is 79.7 cm³/mol. The molecule has 0 radical (unpaired) electrons. The number of amides is 1. The van der Waals surface area contributed by atoms with Gasteiger partial charge >= 0.3 is 0 Å². The van der Waals surface area contributed by atoms with Gasteiger partial charge < -0.3 is 5.32 Å². The van der Waals surface area contributed by atoms with Crippen molar-refractivity contribution in [2.75, 3.05) is 0 Å². The van der Waals surface area contributed by atoms with Crippen LogP contribution in [0.25, 0.3) is 0 Å². The van der Waals surface area contributed by atoms with Crippen LogP contribution < -0.4 is 5.32 Å². The molecule has 4 aliphatic carbocycles. The third-order valence-electron chi connectivity index (χ3n) is 5.78. The van der Waals surface area contributed by atoms with Crippen molar-refractivity contribution in [3.8, 4) is 0 Å². The summed E-state index contributed by atoms with van der Waals surface area (Å²) in [7, 11) is 0. The average Bonchev–Trinajstić information content (AvgIpc) is 2.45. The summed E-state index contributed by atoms with van der Waals surface area (Å²) < 4.78 is 26.5. The van der Waals surface area contributed by atoms with Gasteiger partial charge in [0, 0.05) is 6.04 Å². The summed E-state index contributed by atoms with van der Waals surface area (Å²) >= 11 is 5.90. The zero-order chi connectivity index (χ0) is 15.4. The Morgan fingerprint density at radius 3 is 2.14 bits per heavy atom. The normalized spacial score (nSPS) is 35.7. The molecule has 1 aromatic rings. The van der Waals surface area contributed by atoms with Crippen LogP contribution in [0.3, 0.4) is 0 Å². The maximum absolute atomic E-state index is 13.4. The number of rotatable bonds is 2. The first-order valence-electron chi connectivity index (χ1n) is 7.96. The Hall–Kier alpha value is -1.16. The minimum atomic E-state index is -1.04. The first-order valence-corrected chi connectivity index (χ1v) is 8.34. The summed E-state index contributed by atoms with van der Waals surface area (Å²) in [6.07, 6.45) is 6.09. The van der Waals surface area contributed by atoms with Gasteiger partial charge in [0.25, 0.3) is 5.91 Å². The third-order valence-corrected chi connectivity index (χ3v) is 6.09. The Bertz CT molecular complexity index is 605. The van der Waals surface area contributed by atoms with Crippen molar-refractivity contribution in [1.82, 2.24) is 5.32 Å². The summed E-state index contributed by atoms with van der Waals surface area (Å²) in [5.74, 6) is 0.246. The molecule has 2 nitrogen and oxygen atoms in total. The lowest BCUT2D eigenvalue weighted by molar-refractivity contribution is -0.0119. The SMILES string of the molecule is O=C(NC1C2CC3CC(C2)CC1C3)c1cc(F)c(F)cc1Cl. The third kappa shape index (κ3) is 2.32. The molecular weight excluding hydrogens is 308 g/mol. The van der Waals surface area contributed by atoms with Crippen molar-refractivity contribution in [2.24, 2.45) is 23.7 Å². The van der Waals surface area contributed by atoms with Gasteiger partial charge in [0.15, 0.2) is 11.6 Å². The molecule has 4 saturated carbocycles. The molecule has 4 aliphatic rings. The number of halogens is 3. The zero-order valence-electron chi connectivity index (χ0n) is 12.1. The van der Waals surface area contributed by atoms with Crippen LogP contribution in [0.4, 0.5) is 8.78 Å². The molecule has 0 atom stereocenters. The summed E-state index contributed by atoms with van der Waals surface area (Å²) in [6, 6.07) is 1.91. The van der Waals surface area contributed by atoms with Crippen molar-refractivity contribution < 1.29 is 13.6 Å². The minimum absolute atomic E-state index is 0.0226. The van der Waals surface area contributed by atoms with Gasteiger partial charge in [0.05, 0.1) is 10.6 Å². The van der Waals surface area contributed by atoms with Crippen molar-refractivity contribution in [3.05, 3.63) is 34.4 Å². The van der Waals surface area contributed by atoms with E-state index in [1.807, 2.05) is 0 Å². The quantitative estimate of drug-likeness (QED) is 0.812. The van der Waals surface area contributed by atoms with E-state index in [2.05, 4.69) is 5.32 Å². The van der Waals surface area contributed by atoms with Crippen molar-refractivity contribution >= 4 is 17.5 Å². The molecule has 118 valence electrons. The van der Waals surface area contributed by atoms with Crippen LogP contribution in [-0.2, 0) is 0 Å². The molecule has 5 rings (SSSR count). The highest BCUT2D eigenvalue weighted by Crippen LogP contribution is 2.53. The maximum atomic E-state index is 13.4. The molecule has 1 N–H and O–H groups in total. The van der Waals surface area contributed by atoms with E-state index < -0.39 is 11.6 Å². The van der Waals surface area contributed by atoms with Crippen LogP contribution in [0.15, 0.2) is 12.1 Å². The summed E-state index contributed by atoms with van der Waals surface area (Å²) in [5.41, 5.74) is 0.0226. The van der Waals surface area contributed by atoms with Gasteiger partial charge in [0.2, 0.25) is 0 Å². The van der Waals surface area contributed by atoms with Crippen LogP contribution in [0.2, 0.25) is 5.02 Å². The highest BCUT2D eigenvalue weighted by molar-refractivity contribution is 6.33. The predicted octanol–water partition coefficient (Wildman–Crippen LogP) is 4.17. The molecule has 0 spiro atoms. The second kappa shape index (κ2) is 5.19. The standard InChI is InChI=1S/C17H18ClF2NO/c18-13-7-15(20)14(19)6-12(13)17(22)21-16-10-2-8-1-9(4-10)5-11(16)3-8/h6-11,16H,1-5H2,(H,21,22). The Morgan fingerprint density at radius 1 is 1.00 bits per heavy atom. The van der Waals surface area contributed by atoms with Crippen molar-refractivity contribution in [3.63, 3.8) is 0 Å². The van der Waals surface area contributed by atoms with E-state index in [4.69, 9.17) is 11.6 Å². The molecule has 22 heavy (non-hydrogen) atoms. The van der Waals surface area contributed by atoms with Gasteiger partial charge in [-0.05, 0) is 67.9 Å². The number of benzene rings is 1. The monoisotopic (exact) mass is 325 g/mol. The maximum Gasteiger partial charge on any atom is 0.253 e. The lowest BCUT2D eigenvalue weighted by atomic mass is 9.54. The second-order valence-electron chi connectivity index (χ2n) is 7.18. The van der Waals surface area contributed by atoms with Gasteiger partial charge in [-0.25, -0.2) is 8.78 Å². The molecule has 1 aromatic carbocycles. The first-order chi connectivity index (χ1) is 10.5. The fraction of sp³-hybridized carbons (Fsp3) is 0.588. The van der Waals surface area contributed by atoms with Crippen LogP contribution in [-0.4, -0.2) is 11.9 Å². The number of hydrogen-bond donors (Lipinski definition) is 1. The van der Waals surface area contributed by atoms with E-state index in [0.29, 0.717) is 11.8 Å². The number of nitrogens with one attached hydrogen (secondary N) is 1. The summed E-state index contributed by atoms with van der Waals surface area (Å²) in [4.78, 5) is 12.4. The topological polar surface area (TPSA) is 29.1 Å². The highest BCUT2D eigenvalue weighted by atomic mass is 35.5. The molecule has 0 unspecified atom stereocenters. The Balaban J connectivity index is 1.54. The fourth-order valence-corrected chi connectivity index (χ4v) is 5.32. The molecular formula is C17H18ClF2NO. The number of carbonyl (C=O) groups excluding carboxylic acids is 1. The van der Waals surface area contributed by atoms with E-state index in [-0.39, 0.29) is 22.5 Å². The van der Waals surface area contributed by atoms with Gasteiger partial charge in [-0.2, -0.15) is 0 Å². The van der Waals surface area contributed by atoms with Crippen molar-refractivity contribution in [1.29, 1.82) is 0 Å². The van der Waals surface area contributed by atoms with Crippen LogP contribution >= 0.6 is 11.6 Å². The fourth-order valence-electron chi connectivity index (χ4n) is 5.09. The van der Waals surface area contributed by atoms with Gasteiger partial charge in [-0.1, -0.05) is 11.6 Å². The Kier molecular flexibility index (Phi) is 3.40. The average molecular weight is 326 g/mol. The van der Waals surface area contributed by atoms with Gasteiger partial charge in [-0.3, -0.25) is 4.79 Å². The van der Waals surface area contributed by atoms with Gasteiger partial charge in [-0.15, -0.1) is 0 Å². The highest BCUT2D eigenvalue weighted by Gasteiger charge is 2.48. The Morgan fingerprint density at radius 2 is 1.55 bits per heavy atom. The smallest absolute Gasteiger partial charge is 0.253 e. The second-order valence-corrected chi connectivity index (χ2v) is 7.58. The van der Waals surface area contributed by atoms with E-state index in [1.54, 1.807) is 0 Å². The summed E-state index contributed by atoms with van der Waals surface area (Å²) in [6.45, 7) is 0. The molecule has 1 amide bonds. The van der Waals surface area contributed by atoms with E-state index >= 15 is 0 Å². The lowest BCUT2D eigenvalue weighted by Crippen LogP contribution is -2.55. The van der Waals surface area contributed by atoms with E-state index in [1.165, 1.54) is 32.1 Å². The van der Waals surface area contributed by atoms with E-state index in [0.717, 1.165) is 24.0 Å². The molecule has 5 heteroatoms. The molecule has 4 fully saturated rings. The summed E-state index contributed by atoms with van der Waals surface area (Å²) in [5, 5.41) is 3.01. The van der Waals surface area contributed by atoms with E-state index in [9.17, 15) is 13.6 Å². The van der Waals surface area contributed by atoms with Crippen LogP contribution in [0.1, 0.15) is 42.5 Å². The van der Waals surface area contributed by atoms with Crippen LogP contribution in [0, 0.1) is 35.3 Å². The first kappa shape index (κ1) is 14.4. The molecule has 0 aliphatic heterocycles. The molecule has 0 saturated heterocycles. The molecule has 4 bridgehead atoms. The molecule has 0 heterocycles. The van der Waals surface area contributed by atoms with Crippen molar-refractivity contribution in [2.45, 2.75) is 38.1 Å². The van der Waals surface area contributed by atoms with Crippen LogP contribution in [0.5, 0.6) is 0 Å². The lowest BCUT2D eigenvalue weighted by Gasteiger charge is -2.54. The number of carbonyl (C=O) groups is 1. The number of hydrogen-bond acceptors (Lipinski definition) is 1. The zero-order valence-corrected chi connectivity index (χ0v) is 12.9. The Labute approximate surface area is 133 Å². The largest absolute Gasteiger partial charge is 0.349 e. The minimum Gasteiger partial charge on any atom is -0.349 e. The van der Waals surface area contributed by atoms with Gasteiger partial charge in [0.1, 0.15) is 0 Å². The molecule has 0 aromatic heterocycles.